The molecule has 3 aromatic rings. The van der Waals surface area contributed by atoms with Crippen molar-refractivity contribution >= 4 is 17.1 Å². The van der Waals surface area contributed by atoms with E-state index in [1.165, 1.54) is 11.3 Å². The van der Waals surface area contributed by atoms with Gasteiger partial charge in [0.05, 0.1) is 22.6 Å². The number of halogens is 2. The van der Waals surface area contributed by atoms with Gasteiger partial charge in [-0.1, -0.05) is 0 Å². The smallest absolute Gasteiger partial charge is 0.248 e. The van der Waals surface area contributed by atoms with Crippen LogP contribution in [0.1, 0.15) is 30.2 Å². The number of hydrogen-bond donors (Lipinski definition) is 0. The molecular weight excluding hydrogens is 294 g/mol. The Morgan fingerprint density at radius 3 is 3.05 bits per heavy atom. The molecule has 4 nitrogen and oxygen atoms in total. The Morgan fingerprint density at radius 2 is 2.24 bits per heavy atom. The van der Waals surface area contributed by atoms with Crippen LogP contribution in [0.25, 0.3) is 17.2 Å². The van der Waals surface area contributed by atoms with Crippen molar-refractivity contribution < 1.29 is 8.78 Å². The number of aromatic nitrogens is 4. The number of hydrogen-bond acceptors (Lipinski definition) is 4. The highest BCUT2D eigenvalue weighted by molar-refractivity contribution is 7.10. The van der Waals surface area contributed by atoms with Gasteiger partial charge in [-0.15, -0.1) is 11.3 Å². The zero-order valence-corrected chi connectivity index (χ0v) is 11.9. The molecule has 21 heavy (non-hydrogen) atoms. The van der Waals surface area contributed by atoms with E-state index in [4.69, 9.17) is 0 Å². The Morgan fingerprint density at radius 1 is 1.33 bits per heavy atom. The maximum Gasteiger partial charge on any atom is 0.248 e. The van der Waals surface area contributed by atoms with Crippen molar-refractivity contribution in [1.82, 2.24) is 19.4 Å². The summed E-state index contributed by atoms with van der Waals surface area (Å²) in [5.74, 6) is -2.06. The van der Waals surface area contributed by atoms with Crippen LogP contribution in [-0.4, -0.2) is 25.3 Å². The Bertz CT molecular complexity index is 795. The van der Waals surface area contributed by atoms with Crippen LogP contribution in [0.2, 0.25) is 0 Å². The molecule has 0 spiro atoms. The molecule has 1 unspecified atom stereocenters. The zero-order valence-electron chi connectivity index (χ0n) is 11.0. The van der Waals surface area contributed by atoms with Crippen LogP contribution >= 0.6 is 11.3 Å². The van der Waals surface area contributed by atoms with Crippen LogP contribution < -0.4 is 0 Å². The van der Waals surface area contributed by atoms with Gasteiger partial charge in [0.1, 0.15) is 0 Å². The summed E-state index contributed by atoms with van der Waals surface area (Å²) >= 11 is 1.45. The molecule has 1 fully saturated rings. The largest absolute Gasteiger partial charge is 0.282 e. The molecule has 1 atom stereocenters. The average Bonchev–Trinajstić information content (AvgIpc) is 3.15. The molecule has 0 radical (unpaired) electrons. The van der Waals surface area contributed by atoms with Crippen molar-refractivity contribution in [3.8, 4) is 11.4 Å². The first-order valence-electron chi connectivity index (χ1n) is 6.74. The van der Waals surface area contributed by atoms with E-state index >= 15 is 0 Å². The van der Waals surface area contributed by atoms with Crippen molar-refractivity contribution in [2.24, 2.45) is 0 Å². The number of fused-ring (bicyclic) bond motifs is 1. The maximum absolute atomic E-state index is 13.3. The molecule has 1 aliphatic carbocycles. The molecule has 0 aromatic carbocycles. The molecule has 0 bridgehead atoms. The van der Waals surface area contributed by atoms with E-state index in [2.05, 4.69) is 15.0 Å². The van der Waals surface area contributed by atoms with Crippen LogP contribution in [0.15, 0.2) is 30.0 Å². The second kappa shape index (κ2) is 4.56. The van der Waals surface area contributed by atoms with Gasteiger partial charge in [-0.3, -0.25) is 4.40 Å². The minimum Gasteiger partial charge on any atom is -0.282 e. The van der Waals surface area contributed by atoms with Gasteiger partial charge in [0, 0.05) is 36.5 Å². The predicted molar refractivity (Wildman–Crippen MR) is 75.6 cm³/mol. The van der Waals surface area contributed by atoms with E-state index in [1.807, 2.05) is 22.0 Å². The number of thiazole rings is 1. The lowest BCUT2D eigenvalue weighted by atomic mass is 10.1. The first-order chi connectivity index (χ1) is 10.1. The lowest BCUT2D eigenvalue weighted by molar-refractivity contribution is 0.00776. The molecule has 7 heteroatoms. The zero-order chi connectivity index (χ0) is 14.4. The van der Waals surface area contributed by atoms with Crippen LogP contribution in [0.5, 0.6) is 0 Å². The second-order valence-corrected chi connectivity index (χ2v) is 6.19. The van der Waals surface area contributed by atoms with E-state index in [0.717, 1.165) is 16.4 Å². The predicted octanol–water partition coefficient (Wildman–Crippen LogP) is 3.76. The van der Waals surface area contributed by atoms with Crippen LogP contribution in [0, 0.1) is 0 Å². The number of alkyl halides is 2. The van der Waals surface area contributed by atoms with Gasteiger partial charge < -0.3 is 0 Å². The first kappa shape index (κ1) is 12.8. The molecule has 108 valence electrons. The first-order valence-corrected chi connectivity index (χ1v) is 7.62. The normalized spacial score (nSPS) is 21.1. The van der Waals surface area contributed by atoms with Crippen LogP contribution in [0.3, 0.4) is 0 Å². The Kier molecular flexibility index (Phi) is 2.78. The van der Waals surface area contributed by atoms with Crippen molar-refractivity contribution in [3.63, 3.8) is 0 Å². The molecular formula is C14H12F2N4S. The summed E-state index contributed by atoms with van der Waals surface area (Å²) in [5.41, 5.74) is 1.61. The summed E-state index contributed by atoms with van der Waals surface area (Å²) in [6.07, 6.45) is 5.65. The summed E-state index contributed by atoms with van der Waals surface area (Å²) in [5, 5.41) is 2.70. The van der Waals surface area contributed by atoms with Crippen molar-refractivity contribution in [2.45, 2.75) is 31.1 Å². The van der Waals surface area contributed by atoms with Gasteiger partial charge in [0.2, 0.25) is 11.7 Å². The molecule has 0 amide bonds. The fraction of sp³-hybridized carbons (Fsp3) is 0.357. The third kappa shape index (κ3) is 2.21. The molecule has 4 rings (SSSR count). The fourth-order valence-corrected chi connectivity index (χ4v) is 3.72. The van der Waals surface area contributed by atoms with Crippen LogP contribution in [0.4, 0.5) is 8.78 Å². The van der Waals surface area contributed by atoms with Crippen molar-refractivity contribution in [2.75, 3.05) is 0 Å². The summed E-state index contributed by atoms with van der Waals surface area (Å²) in [6.45, 7) is 0. The topological polar surface area (TPSA) is 43.1 Å². The van der Waals surface area contributed by atoms with Gasteiger partial charge in [-0.2, -0.15) is 0 Å². The molecule has 0 saturated heterocycles. The lowest BCUT2D eigenvalue weighted by Crippen LogP contribution is -2.09. The Labute approximate surface area is 123 Å². The van der Waals surface area contributed by atoms with E-state index in [9.17, 15) is 8.78 Å². The number of imidazole rings is 1. The molecule has 3 aromatic heterocycles. The molecule has 1 aliphatic rings. The van der Waals surface area contributed by atoms with Gasteiger partial charge >= 0.3 is 0 Å². The highest BCUT2D eigenvalue weighted by Crippen LogP contribution is 2.45. The van der Waals surface area contributed by atoms with Crippen LogP contribution in [-0.2, 0) is 0 Å². The SMILES string of the molecule is FC1(F)CCC(c2nc(-c3cnc4ncccn34)cs2)C1. The van der Waals surface area contributed by atoms with Gasteiger partial charge in [0.25, 0.3) is 0 Å². The number of rotatable bonds is 2. The second-order valence-electron chi connectivity index (χ2n) is 5.30. The van der Waals surface area contributed by atoms with E-state index in [0.29, 0.717) is 12.2 Å². The molecule has 3 heterocycles. The summed E-state index contributed by atoms with van der Waals surface area (Å²) < 4.78 is 28.5. The average molecular weight is 306 g/mol. The summed E-state index contributed by atoms with van der Waals surface area (Å²) in [6, 6.07) is 1.82. The third-order valence-electron chi connectivity index (χ3n) is 3.83. The quantitative estimate of drug-likeness (QED) is 0.724. The Hall–Kier alpha value is -1.89. The third-order valence-corrected chi connectivity index (χ3v) is 4.83. The fourth-order valence-electron chi connectivity index (χ4n) is 2.77. The lowest BCUT2D eigenvalue weighted by Gasteiger charge is -2.07. The van der Waals surface area contributed by atoms with E-state index < -0.39 is 5.92 Å². The highest BCUT2D eigenvalue weighted by atomic mass is 32.1. The molecule has 1 saturated carbocycles. The Balaban J connectivity index is 1.69. The van der Waals surface area contributed by atoms with Gasteiger partial charge in [0.15, 0.2) is 0 Å². The summed E-state index contributed by atoms with van der Waals surface area (Å²) in [7, 11) is 0. The minimum atomic E-state index is -2.54. The minimum absolute atomic E-state index is 0.0356. The van der Waals surface area contributed by atoms with Crippen molar-refractivity contribution in [3.05, 3.63) is 35.0 Å². The van der Waals surface area contributed by atoms with E-state index in [1.54, 1.807) is 12.4 Å². The standard InChI is InChI=1S/C14H12F2N4S/c15-14(16)3-2-9(6-14)12-19-10(8-21-12)11-7-18-13-17-4-1-5-20(11)13/h1,4-5,7-9H,2-3,6H2. The summed E-state index contributed by atoms with van der Waals surface area (Å²) in [4.78, 5) is 12.9. The molecule has 0 aliphatic heterocycles. The monoisotopic (exact) mass is 306 g/mol. The molecule has 0 N–H and O–H groups in total. The number of nitrogens with zero attached hydrogens (tertiary/aromatic N) is 4. The van der Waals surface area contributed by atoms with Gasteiger partial charge in [-0.25, -0.2) is 23.7 Å². The maximum atomic E-state index is 13.3. The van der Waals surface area contributed by atoms with Crippen molar-refractivity contribution in [1.29, 1.82) is 0 Å². The van der Waals surface area contributed by atoms with Gasteiger partial charge in [-0.05, 0) is 12.5 Å². The van der Waals surface area contributed by atoms with E-state index in [-0.39, 0.29) is 18.8 Å². The highest BCUT2D eigenvalue weighted by Gasteiger charge is 2.41.